The van der Waals surface area contributed by atoms with Gasteiger partial charge in [0.05, 0.1) is 25.3 Å². The minimum atomic E-state index is -0.127. The molecule has 3 aliphatic heterocycles. The minimum absolute atomic E-state index is 0.127. The molecule has 10 heteroatoms. The third-order valence-electron chi connectivity index (χ3n) is 7.87. The zero-order chi connectivity index (χ0) is 27.9. The topological polar surface area (TPSA) is 115 Å². The van der Waals surface area contributed by atoms with E-state index in [-0.39, 0.29) is 11.1 Å². The first-order valence-electron chi connectivity index (χ1n) is 14.6. The molecule has 3 heterocycles. The summed E-state index contributed by atoms with van der Waals surface area (Å²) in [5.41, 5.74) is 2.24. The standard InChI is InChI=1S/C30H50N8O2/c1-39-27-7-3-25(4-8-27)17-37-29-19-31-11-14-34-22-30(23-35-15-12-32-20-29,24-36-16-13-33-21-29)38-18-26-5-9-28(40-2)10-6-26/h3-10,31-38H,11-24H2,1-2H3. The van der Waals surface area contributed by atoms with Gasteiger partial charge in [0.1, 0.15) is 11.5 Å². The number of nitrogens with one attached hydrogen (secondary N) is 8. The van der Waals surface area contributed by atoms with E-state index in [0.29, 0.717) is 0 Å². The van der Waals surface area contributed by atoms with Crippen molar-refractivity contribution in [3.8, 4) is 11.5 Å². The summed E-state index contributed by atoms with van der Waals surface area (Å²) < 4.78 is 10.7. The Morgan fingerprint density at radius 3 is 1.02 bits per heavy atom. The lowest BCUT2D eigenvalue weighted by Gasteiger charge is -2.39. The van der Waals surface area contributed by atoms with Crippen LogP contribution in [0.5, 0.6) is 11.5 Å². The Labute approximate surface area is 240 Å². The molecule has 10 nitrogen and oxygen atoms in total. The van der Waals surface area contributed by atoms with Crippen molar-refractivity contribution in [1.29, 1.82) is 0 Å². The van der Waals surface area contributed by atoms with E-state index < -0.39 is 0 Å². The molecule has 3 aliphatic rings. The molecular formula is C30H50N8O2. The maximum absolute atomic E-state index is 5.33. The predicted molar refractivity (Wildman–Crippen MR) is 162 cm³/mol. The van der Waals surface area contributed by atoms with E-state index in [1.165, 1.54) is 11.1 Å². The number of rotatable bonds is 8. The Hall–Kier alpha value is -2.28. The quantitative estimate of drug-likeness (QED) is 0.220. The van der Waals surface area contributed by atoms with Gasteiger partial charge < -0.3 is 52.0 Å². The number of hydrogen-bond acceptors (Lipinski definition) is 10. The van der Waals surface area contributed by atoms with Crippen LogP contribution >= 0.6 is 0 Å². The van der Waals surface area contributed by atoms with Crippen LogP contribution in [0.15, 0.2) is 48.5 Å². The summed E-state index contributed by atoms with van der Waals surface area (Å²) in [4.78, 5) is 0. The molecule has 0 radical (unpaired) electrons. The minimum Gasteiger partial charge on any atom is -0.497 e. The van der Waals surface area contributed by atoms with Gasteiger partial charge in [-0.05, 0) is 35.4 Å². The number of methoxy groups -OCH3 is 2. The van der Waals surface area contributed by atoms with Gasteiger partial charge in [-0.25, -0.2) is 0 Å². The molecule has 8 N–H and O–H groups in total. The van der Waals surface area contributed by atoms with Crippen LogP contribution in [0.2, 0.25) is 0 Å². The molecule has 0 saturated carbocycles. The molecule has 3 saturated heterocycles. The third kappa shape index (κ3) is 9.67. The molecule has 40 heavy (non-hydrogen) atoms. The Bertz CT molecular complexity index is 850. The zero-order valence-corrected chi connectivity index (χ0v) is 24.3. The highest BCUT2D eigenvalue weighted by atomic mass is 16.5. The molecule has 0 aromatic heterocycles. The monoisotopic (exact) mass is 554 g/mol. The van der Waals surface area contributed by atoms with Gasteiger partial charge >= 0.3 is 0 Å². The van der Waals surface area contributed by atoms with Gasteiger partial charge in [-0.2, -0.15) is 0 Å². The van der Waals surface area contributed by atoms with Crippen LogP contribution in [0, 0.1) is 0 Å². The van der Waals surface area contributed by atoms with Crippen LogP contribution in [-0.4, -0.2) is 104 Å². The number of benzene rings is 2. The van der Waals surface area contributed by atoms with Crippen molar-refractivity contribution in [2.75, 3.05) is 92.8 Å². The molecule has 0 atom stereocenters. The Balaban J connectivity index is 1.42. The fourth-order valence-electron chi connectivity index (χ4n) is 5.31. The second kappa shape index (κ2) is 16.2. The molecule has 0 spiro atoms. The van der Waals surface area contributed by atoms with Crippen LogP contribution in [-0.2, 0) is 13.1 Å². The van der Waals surface area contributed by atoms with Crippen LogP contribution in [0.4, 0.5) is 0 Å². The lowest BCUT2D eigenvalue weighted by molar-refractivity contribution is 0.253. The highest BCUT2D eigenvalue weighted by Crippen LogP contribution is 2.14. The molecule has 0 unspecified atom stereocenters. The van der Waals surface area contributed by atoms with Crippen molar-refractivity contribution in [2.24, 2.45) is 0 Å². The summed E-state index contributed by atoms with van der Waals surface area (Å²) in [6.07, 6.45) is 0. The molecule has 0 aliphatic carbocycles. The maximum atomic E-state index is 5.33. The van der Waals surface area contributed by atoms with Crippen molar-refractivity contribution >= 4 is 0 Å². The molecular weight excluding hydrogens is 504 g/mol. The molecule has 0 amide bonds. The first kappa shape index (κ1) is 30.7. The van der Waals surface area contributed by atoms with Gasteiger partial charge in [-0.15, -0.1) is 0 Å². The lowest BCUT2D eigenvalue weighted by atomic mass is 9.96. The summed E-state index contributed by atoms with van der Waals surface area (Å²) >= 11 is 0. The largest absolute Gasteiger partial charge is 0.497 e. The smallest absolute Gasteiger partial charge is 0.118 e. The summed E-state index contributed by atoms with van der Waals surface area (Å²) in [5, 5.41) is 30.2. The Kier molecular flexibility index (Phi) is 12.4. The second-order valence-corrected chi connectivity index (χ2v) is 11.0. The maximum Gasteiger partial charge on any atom is 0.118 e. The van der Waals surface area contributed by atoms with Crippen LogP contribution < -0.4 is 52.0 Å². The fourth-order valence-corrected chi connectivity index (χ4v) is 5.31. The normalized spacial score (nSPS) is 25.6. The lowest BCUT2D eigenvalue weighted by Crippen LogP contribution is -2.66. The average Bonchev–Trinajstić information content (AvgIpc) is 3.00. The van der Waals surface area contributed by atoms with Crippen molar-refractivity contribution in [1.82, 2.24) is 42.5 Å². The molecule has 5 rings (SSSR count). The summed E-state index contributed by atoms with van der Waals surface area (Å²) in [7, 11) is 3.41. The average molecular weight is 555 g/mol. The van der Waals surface area contributed by atoms with Crippen LogP contribution in [0.1, 0.15) is 11.1 Å². The third-order valence-corrected chi connectivity index (χ3v) is 7.87. The molecule has 2 aromatic carbocycles. The van der Waals surface area contributed by atoms with E-state index in [4.69, 9.17) is 9.47 Å². The van der Waals surface area contributed by atoms with Gasteiger partial charge in [0.25, 0.3) is 0 Å². The van der Waals surface area contributed by atoms with Gasteiger partial charge in [0.15, 0.2) is 0 Å². The van der Waals surface area contributed by atoms with Crippen molar-refractivity contribution in [3.63, 3.8) is 0 Å². The first-order chi connectivity index (χ1) is 19.6. The fraction of sp³-hybridized carbons (Fsp3) is 0.600. The zero-order valence-electron chi connectivity index (χ0n) is 24.3. The van der Waals surface area contributed by atoms with Gasteiger partial charge in [0.2, 0.25) is 0 Å². The SMILES string of the molecule is COc1ccc(CNC23CNCCNCC(NCc4ccc(OC)cc4)(CNCCNC2)CNCCNC3)cc1. The summed E-state index contributed by atoms with van der Waals surface area (Å²) in [6.45, 7) is 12.2. The molecule has 2 bridgehead atoms. The number of hydrogen-bond donors (Lipinski definition) is 8. The second-order valence-electron chi connectivity index (χ2n) is 11.0. The highest BCUT2D eigenvalue weighted by Gasteiger charge is 2.31. The van der Waals surface area contributed by atoms with E-state index in [2.05, 4.69) is 66.8 Å². The molecule has 3 fully saturated rings. The van der Waals surface area contributed by atoms with E-state index in [0.717, 1.165) is 103 Å². The van der Waals surface area contributed by atoms with E-state index >= 15 is 0 Å². The van der Waals surface area contributed by atoms with Crippen molar-refractivity contribution in [3.05, 3.63) is 59.7 Å². The number of ether oxygens (including phenoxy) is 2. The summed E-state index contributed by atoms with van der Waals surface area (Å²) in [6, 6.07) is 16.6. The highest BCUT2D eigenvalue weighted by molar-refractivity contribution is 5.28. The van der Waals surface area contributed by atoms with Gasteiger partial charge in [-0.1, -0.05) is 24.3 Å². The van der Waals surface area contributed by atoms with Crippen LogP contribution in [0.25, 0.3) is 0 Å². The van der Waals surface area contributed by atoms with Crippen molar-refractivity contribution in [2.45, 2.75) is 24.2 Å². The van der Waals surface area contributed by atoms with E-state index in [1.807, 2.05) is 24.3 Å². The summed E-state index contributed by atoms with van der Waals surface area (Å²) in [5.74, 6) is 1.77. The number of fused-ring (bicyclic) bond motifs is 15. The van der Waals surface area contributed by atoms with E-state index in [1.54, 1.807) is 14.2 Å². The van der Waals surface area contributed by atoms with Crippen LogP contribution in [0.3, 0.4) is 0 Å². The predicted octanol–water partition coefficient (Wildman–Crippen LogP) is -0.374. The van der Waals surface area contributed by atoms with E-state index in [9.17, 15) is 0 Å². The van der Waals surface area contributed by atoms with Gasteiger partial charge in [-0.3, -0.25) is 0 Å². The van der Waals surface area contributed by atoms with Gasteiger partial charge in [0, 0.05) is 91.6 Å². The first-order valence-corrected chi connectivity index (χ1v) is 14.6. The molecule has 2 aromatic rings. The Morgan fingerprint density at radius 2 is 0.775 bits per heavy atom. The van der Waals surface area contributed by atoms with Crippen molar-refractivity contribution < 1.29 is 9.47 Å². The Morgan fingerprint density at radius 1 is 0.500 bits per heavy atom. The molecule has 222 valence electrons.